The molecule has 0 saturated carbocycles. The summed E-state index contributed by atoms with van der Waals surface area (Å²) in [7, 11) is -3.64. The van der Waals surface area contributed by atoms with E-state index in [0.29, 0.717) is 35.7 Å². The quantitative estimate of drug-likeness (QED) is 0.494. The molecule has 1 saturated heterocycles. The lowest BCUT2D eigenvalue weighted by atomic mass is 9.97. The van der Waals surface area contributed by atoms with E-state index in [2.05, 4.69) is 10.6 Å². The Labute approximate surface area is 210 Å². The summed E-state index contributed by atoms with van der Waals surface area (Å²) in [6.45, 7) is 0.854. The zero-order valence-electron chi connectivity index (χ0n) is 19.0. The second-order valence-corrected chi connectivity index (χ2v) is 10.7. The van der Waals surface area contributed by atoms with Crippen LogP contribution in [0.3, 0.4) is 0 Å². The first kappa shape index (κ1) is 24.9. The molecule has 0 aromatic heterocycles. The number of amides is 2. The molecule has 3 aromatic carbocycles. The van der Waals surface area contributed by atoms with Gasteiger partial charge in [0.05, 0.1) is 16.1 Å². The maximum atomic E-state index is 13.0. The van der Waals surface area contributed by atoms with Gasteiger partial charge in [-0.15, -0.1) is 0 Å². The monoisotopic (exact) mass is 511 g/mol. The van der Waals surface area contributed by atoms with Gasteiger partial charge in [0.15, 0.2) is 0 Å². The Morgan fingerprint density at radius 1 is 0.886 bits per heavy atom. The highest BCUT2D eigenvalue weighted by Crippen LogP contribution is 2.26. The van der Waals surface area contributed by atoms with Crippen molar-refractivity contribution in [3.05, 3.63) is 95.0 Å². The molecule has 1 fully saturated rings. The van der Waals surface area contributed by atoms with Crippen LogP contribution in [0.2, 0.25) is 5.02 Å². The van der Waals surface area contributed by atoms with Gasteiger partial charge in [-0.05, 0) is 54.8 Å². The fraction of sp³-hybridized carbons (Fsp3) is 0.231. The van der Waals surface area contributed by atoms with Gasteiger partial charge in [0.2, 0.25) is 15.9 Å². The number of para-hydroxylation sites is 1. The van der Waals surface area contributed by atoms with Gasteiger partial charge in [-0.2, -0.15) is 4.31 Å². The average Bonchev–Trinajstić information content (AvgIpc) is 2.88. The summed E-state index contributed by atoms with van der Waals surface area (Å²) >= 11 is 5.87. The Balaban J connectivity index is 1.36. The summed E-state index contributed by atoms with van der Waals surface area (Å²) in [6, 6.07) is 22.5. The van der Waals surface area contributed by atoms with E-state index < -0.39 is 10.0 Å². The number of halogens is 1. The van der Waals surface area contributed by atoms with Gasteiger partial charge in [-0.3, -0.25) is 9.59 Å². The molecule has 2 amide bonds. The number of nitrogens with zero attached hydrogens (tertiary/aromatic N) is 1. The zero-order valence-corrected chi connectivity index (χ0v) is 20.6. The lowest BCUT2D eigenvalue weighted by Gasteiger charge is -2.30. The Morgan fingerprint density at radius 2 is 1.51 bits per heavy atom. The summed E-state index contributed by atoms with van der Waals surface area (Å²) < 4.78 is 27.2. The van der Waals surface area contributed by atoms with Crippen molar-refractivity contribution in [1.29, 1.82) is 0 Å². The summed E-state index contributed by atoms with van der Waals surface area (Å²) in [5.74, 6) is -0.863. The maximum Gasteiger partial charge on any atom is 0.253 e. The first-order chi connectivity index (χ1) is 16.8. The van der Waals surface area contributed by atoms with Crippen LogP contribution in [0.25, 0.3) is 0 Å². The Bertz CT molecular complexity index is 1290. The standard InChI is InChI=1S/C26H26ClN3O4S/c27-21-10-12-22(13-11-21)35(33,34)30-16-14-20(15-17-30)25(31)29-24-9-5-4-8-23(24)26(32)28-18-19-6-2-1-3-7-19/h1-13,20H,14-18H2,(H,28,32)(H,29,31). The van der Waals surface area contributed by atoms with Crippen LogP contribution in [0.15, 0.2) is 83.8 Å². The zero-order chi connectivity index (χ0) is 24.8. The molecule has 1 aliphatic rings. The molecule has 9 heteroatoms. The van der Waals surface area contributed by atoms with Gasteiger partial charge in [-0.1, -0.05) is 54.1 Å². The maximum absolute atomic E-state index is 13.0. The van der Waals surface area contributed by atoms with Crippen molar-refractivity contribution in [2.75, 3.05) is 18.4 Å². The third kappa shape index (κ3) is 6.08. The van der Waals surface area contributed by atoms with E-state index in [9.17, 15) is 18.0 Å². The molecule has 2 N–H and O–H groups in total. The first-order valence-electron chi connectivity index (χ1n) is 11.3. The smallest absolute Gasteiger partial charge is 0.253 e. The molecular weight excluding hydrogens is 486 g/mol. The summed E-state index contributed by atoms with van der Waals surface area (Å²) in [5, 5.41) is 6.21. The third-order valence-corrected chi connectivity index (χ3v) is 8.17. The third-order valence-electron chi connectivity index (χ3n) is 6.00. The number of piperidine rings is 1. The summed E-state index contributed by atoms with van der Waals surface area (Å²) in [5.41, 5.74) is 1.78. The lowest BCUT2D eigenvalue weighted by Crippen LogP contribution is -2.41. The van der Waals surface area contributed by atoms with Crippen molar-refractivity contribution in [3.8, 4) is 0 Å². The Hall–Kier alpha value is -3.20. The van der Waals surface area contributed by atoms with Crippen molar-refractivity contribution in [3.63, 3.8) is 0 Å². The Morgan fingerprint density at radius 3 is 2.20 bits per heavy atom. The molecule has 35 heavy (non-hydrogen) atoms. The molecule has 1 heterocycles. The number of carbonyl (C=O) groups is 2. The number of anilines is 1. The summed E-state index contributed by atoms with van der Waals surface area (Å²) in [6.07, 6.45) is 0.780. The van der Waals surface area contributed by atoms with E-state index in [-0.39, 0.29) is 35.7 Å². The second kappa shape index (κ2) is 11.0. The molecule has 0 radical (unpaired) electrons. The molecule has 7 nitrogen and oxygen atoms in total. The largest absolute Gasteiger partial charge is 0.348 e. The topological polar surface area (TPSA) is 95.6 Å². The average molecular weight is 512 g/mol. The molecule has 182 valence electrons. The number of hydrogen-bond donors (Lipinski definition) is 2. The molecule has 0 unspecified atom stereocenters. The minimum atomic E-state index is -3.64. The SMILES string of the molecule is O=C(NCc1ccccc1)c1ccccc1NC(=O)C1CCN(S(=O)(=O)c2ccc(Cl)cc2)CC1. The van der Waals surface area contributed by atoms with E-state index >= 15 is 0 Å². The van der Waals surface area contributed by atoms with Gasteiger partial charge in [0.25, 0.3) is 5.91 Å². The van der Waals surface area contributed by atoms with E-state index in [1.54, 1.807) is 36.4 Å². The lowest BCUT2D eigenvalue weighted by molar-refractivity contribution is -0.120. The van der Waals surface area contributed by atoms with Crippen LogP contribution in [0, 0.1) is 5.92 Å². The van der Waals surface area contributed by atoms with E-state index in [0.717, 1.165) is 5.56 Å². The van der Waals surface area contributed by atoms with Crippen molar-refractivity contribution < 1.29 is 18.0 Å². The van der Waals surface area contributed by atoms with Crippen LogP contribution < -0.4 is 10.6 Å². The first-order valence-corrected chi connectivity index (χ1v) is 13.1. The summed E-state index contributed by atoms with van der Waals surface area (Å²) in [4.78, 5) is 25.9. The van der Waals surface area contributed by atoms with E-state index in [1.807, 2.05) is 30.3 Å². The minimum absolute atomic E-state index is 0.181. The van der Waals surface area contributed by atoms with Crippen LogP contribution in [0.4, 0.5) is 5.69 Å². The second-order valence-electron chi connectivity index (χ2n) is 8.34. The molecule has 0 atom stereocenters. The molecular formula is C26H26ClN3O4S. The number of carbonyl (C=O) groups excluding carboxylic acids is 2. The molecule has 1 aliphatic heterocycles. The number of sulfonamides is 1. The van der Waals surface area contributed by atoms with Crippen molar-refractivity contribution >= 4 is 39.1 Å². The van der Waals surface area contributed by atoms with Crippen molar-refractivity contribution in [1.82, 2.24) is 9.62 Å². The number of rotatable bonds is 7. The fourth-order valence-corrected chi connectivity index (χ4v) is 5.61. The molecule has 0 aliphatic carbocycles. The van der Waals surface area contributed by atoms with Crippen LogP contribution in [0.1, 0.15) is 28.8 Å². The molecule has 4 rings (SSSR count). The van der Waals surface area contributed by atoms with Crippen LogP contribution in [-0.2, 0) is 21.4 Å². The molecule has 3 aromatic rings. The van der Waals surface area contributed by atoms with Gasteiger partial charge in [0.1, 0.15) is 0 Å². The number of hydrogen-bond acceptors (Lipinski definition) is 4. The van der Waals surface area contributed by atoms with Gasteiger partial charge in [0, 0.05) is 30.6 Å². The highest BCUT2D eigenvalue weighted by atomic mass is 35.5. The highest BCUT2D eigenvalue weighted by Gasteiger charge is 2.32. The van der Waals surface area contributed by atoms with Crippen molar-refractivity contribution in [2.45, 2.75) is 24.3 Å². The minimum Gasteiger partial charge on any atom is -0.348 e. The van der Waals surface area contributed by atoms with E-state index in [1.165, 1.54) is 16.4 Å². The van der Waals surface area contributed by atoms with Gasteiger partial charge < -0.3 is 10.6 Å². The Kier molecular flexibility index (Phi) is 7.85. The molecule has 0 bridgehead atoms. The van der Waals surface area contributed by atoms with Gasteiger partial charge in [-0.25, -0.2) is 8.42 Å². The normalized spacial score (nSPS) is 14.9. The highest BCUT2D eigenvalue weighted by molar-refractivity contribution is 7.89. The predicted molar refractivity (Wildman–Crippen MR) is 136 cm³/mol. The van der Waals surface area contributed by atoms with E-state index in [4.69, 9.17) is 11.6 Å². The number of benzene rings is 3. The fourth-order valence-electron chi connectivity index (χ4n) is 4.01. The van der Waals surface area contributed by atoms with Crippen LogP contribution in [-0.4, -0.2) is 37.6 Å². The molecule has 0 spiro atoms. The van der Waals surface area contributed by atoms with Gasteiger partial charge >= 0.3 is 0 Å². The predicted octanol–water partition coefficient (Wildman–Crippen LogP) is 4.31. The van der Waals surface area contributed by atoms with Crippen LogP contribution in [0.5, 0.6) is 0 Å². The number of nitrogens with one attached hydrogen (secondary N) is 2. The van der Waals surface area contributed by atoms with Crippen molar-refractivity contribution in [2.24, 2.45) is 5.92 Å². The van der Waals surface area contributed by atoms with Crippen LogP contribution >= 0.6 is 11.6 Å².